The van der Waals surface area contributed by atoms with Gasteiger partial charge in [-0.25, -0.2) is 9.78 Å². The SMILES string of the molecule is CCCC[C@H](NC(=O)OC(C)(C)C)c1nc2cc(Br)ccc2c(=O)[nH]1. The van der Waals surface area contributed by atoms with Crippen LogP contribution in [-0.4, -0.2) is 21.7 Å². The number of fused-ring (bicyclic) bond motifs is 1. The Labute approximate surface area is 155 Å². The summed E-state index contributed by atoms with van der Waals surface area (Å²) in [5, 5.41) is 3.34. The van der Waals surface area contributed by atoms with E-state index in [-0.39, 0.29) is 5.56 Å². The molecule has 1 aromatic heterocycles. The standard InChI is InChI=1S/C18H24BrN3O3/c1-5-6-7-13(21-17(24)25-18(2,3)4)15-20-14-10-11(19)8-9-12(14)16(23)22-15/h8-10,13H,5-7H2,1-4H3,(H,21,24)(H,20,22,23)/t13-/m0/s1. The van der Waals surface area contributed by atoms with Crippen molar-refractivity contribution in [2.24, 2.45) is 0 Å². The van der Waals surface area contributed by atoms with Gasteiger partial charge in [0.25, 0.3) is 5.56 Å². The number of carbonyl (C=O) groups excluding carboxylic acids is 1. The number of carbonyl (C=O) groups is 1. The van der Waals surface area contributed by atoms with Gasteiger partial charge in [0, 0.05) is 4.47 Å². The number of aromatic nitrogens is 2. The van der Waals surface area contributed by atoms with Crippen LogP contribution in [0.4, 0.5) is 4.79 Å². The summed E-state index contributed by atoms with van der Waals surface area (Å²) in [7, 11) is 0. The van der Waals surface area contributed by atoms with Crippen molar-refractivity contribution in [3.05, 3.63) is 38.9 Å². The molecule has 0 spiro atoms. The molecular formula is C18H24BrN3O3. The molecular weight excluding hydrogens is 386 g/mol. The fraction of sp³-hybridized carbons (Fsp3) is 0.500. The Hall–Kier alpha value is -1.89. The number of ether oxygens (including phenoxy) is 1. The lowest BCUT2D eigenvalue weighted by Crippen LogP contribution is -2.36. The summed E-state index contributed by atoms with van der Waals surface area (Å²) < 4.78 is 6.17. The van der Waals surface area contributed by atoms with Crippen molar-refractivity contribution in [1.82, 2.24) is 15.3 Å². The van der Waals surface area contributed by atoms with Crippen LogP contribution in [0.2, 0.25) is 0 Å². The number of halogens is 1. The quantitative estimate of drug-likeness (QED) is 0.763. The van der Waals surface area contributed by atoms with Gasteiger partial charge >= 0.3 is 6.09 Å². The lowest BCUT2D eigenvalue weighted by Gasteiger charge is -2.23. The molecule has 0 aliphatic carbocycles. The van der Waals surface area contributed by atoms with Crippen LogP contribution in [0.15, 0.2) is 27.5 Å². The number of alkyl carbamates (subject to hydrolysis) is 1. The van der Waals surface area contributed by atoms with Crippen LogP contribution in [-0.2, 0) is 4.74 Å². The normalized spacial score (nSPS) is 12.8. The summed E-state index contributed by atoms with van der Waals surface area (Å²) in [4.78, 5) is 31.8. The van der Waals surface area contributed by atoms with E-state index in [1.54, 1.807) is 39.0 Å². The molecule has 0 radical (unpaired) electrons. The first-order chi connectivity index (χ1) is 11.7. The number of nitrogens with zero attached hydrogens (tertiary/aromatic N) is 1. The number of rotatable bonds is 5. The van der Waals surface area contributed by atoms with Crippen LogP contribution < -0.4 is 10.9 Å². The highest BCUT2D eigenvalue weighted by Crippen LogP contribution is 2.20. The molecule has 2 N–H and O–H groups in total. The van der Waals surface area contributed by atoms with Crippen LogP contribution in [0.25, 0.3) is 10.9 Å². The molecule has 1 atom stereocenters. The van der Waals surface area contributed by atoms with Crippen LogP contribution in [0.5, 0.6) is 0 Å². The second-order valence-corrected chi connectivity index (χ2v) is 7.87. The minimum atomic E-state index is -0.589. The number of nitrogens with one attached hydrogen (secondary N) is 2. The number of hydrogen-bond acceptors (Lipinski definition) is 4. The van der Waals surface area contributed by atoms with Crippen molar-refractivity contribution in [1.29, 1.82) is 0 Å². The fourth-order valence-electron chi connectivity index (χ4n) is 2.43. The summed E-state index contributed by atoms with van der Waals surface area (Å²) in [5.74, 6) is 0.440. The Kier molecular flexibility index (Phi) is 6.21. The van der Waals surface area contributed by atoms with Crippen molar-refractivity contribution in [2.75, 3.05) is 0 Å². The van der Waals surface area contributed by atoms with Crippen LogP contribution in [0, 0.1) is 0 Å². The summed E-state index contributed by atoms with van der Waals surface area (Å²) in [6, 6.07) is 4.90. The number of amides is 1. The Morgan fingerprint density at radius 1 is 1.40 bits per heavy atom. The third kappa shape index (κ3) is 5.56. The van der Waals surface area contributed by atoms with Gasteiger partial charge < -0.3 is 15.0 Å². The van der Waals surface area contributed by atoms with E-state index in [2.05, 4.69) is 38.1 Å². The maximum Gasteiger partial charge on any atom is 0.408 e. The van der Waals surface area contributed by atoms with Crippen molar-refractivity contribution in [2.45, 2.75) is 58.6 Å². The van der Waals surface area contributed by atoms with E-state index in [0.717, 1.165) is 17.3 Å². The topological polar surface area (TPSA) is 84.1 Å². The molecule has 7 heteroatoms. The molecule has 1 aromatic carbocycles. The van der Waals surface area contributed by atoms with Crippen LogP contribution in [0.1, 0.15) is 58.8 Å². The zero-order valence-corrected chi connectivity index (χ0v) is 16.6. The van der Waals surface area contributed by atoms with E-state index in [1.165, 1.54) is 0 Å². The minimum absolute atomic E-state index is 0.222. The molecule has 2 rings (SSSR count). The van der Waals surface area contributed by atoms with Crippen molar-refractivity contribution < 1.29 is 9.53 Å². The lowest BCUT2D eigenvalue weighted by atomic mass is 10.1. The Morgan fingerprint density at radius 2 is 2.12 bits per heavy atom. The number of unbranched alkanes of at least 4 members (excludes halogenated alkanes) is 1. The number of aromatic amines is 1. The third-order valence-electron chi connectivity index (χ3n) is 3.55. The third-order valence-corrected chi connectivity index (χ3v) is 4.05. The number of benzene rings is 1. The Balaban J connectivity index is 2.35. The number of hydrogen-bond donors (Lipinski definition) is 2. The first kappa shape index (κ1) is 19.4. The van der Waals surface area contributed by atoms with Crippen molar-refractivity contribution in [3.63, 3.8) is 0 Å². The molecule has 1 heterocycles. The van der Waals surface area contributed by atoms with Gasteiger partial charge in [-0.3, -0.25) is 4.79 Å². The van der Waals surface area contributed by atoms with Gasteiger partial charge in [0.2, 0.25) is 0 Å². The smallest absolute Gasteiger partial charge is 0.408 e. The highest BCUT2D eigenvalue weighted by Gasteiger charge is 2.22. The van der Waals surface area contributed by atoms with Gasteiger partial charge in [0.1, 0.15) is 11.4 Å². The fourth-order valence-corrected chi connectivity index (χ4v) is 2.78. The lowest BCUT2D eigenvalue weighted by molar-refractivity contribution is 0.0498. The molecule has 0 fully saturated rings. The van der Waals surface area contributed by atoms with Crippen molar-refractivity contribution >= 4 is 32.9 Å². The van der Waals surface area contributed by atoms with Crippen molar-refractivity contribution in [3.8, 4) is 0 Å². The average molecular weight is 410 g/mol. The first-order valence-corrected chi connectivity index (χ1v) is 9.18. The zero-order valence-electron chi connectivity index (χ0n) is 15.0. The Morgan fingerprint density at radius 3 is 2.76 bits per heavy atom. The molecule has 0 saturated heterocycles. The molecule has 0 bridgehead atoms. The van der Waals surface area contributed by atoms with E-state index in [0.29, 0.717) is 23.1 Å². The van der Waals surface area contributed by atoms with Gasteiger partial charge in [0.15, 0.2) is 0 Å². The summed E-state index contributed by atoms with van der Waals surface area (Å²) >= 11 is 3.39. The van der Waals surface area contributed by atoms with E-state index in [9.17, 15) is 9.59 Å². The largest absolute Gasteiger partial charge is 0.444 e. The second kappa shape index (κ2) is 7.99. The van der Waals surface area contributed by atoms with Gasteiger partial charge in [-0.05, 0) is 45.4 Å². The molecule has 0 unspecified atom stereocenters. The second-order valence-electron chi connectivity index (χ2n) is 6.95. The molecule has 1 amide bonds. The van der Waals surface area contributed by atoms with Gasteiger partial charge in [-0.15, -0.1) is 0 Å². The highest BCUT2D eigenvalue weighted by molar-refractivity contribution is 9.10. The Bertz CT molecular complexity index is 811. The first-order valence-electron chi connectivity index (χ1n) is 8.38. The summed E-state index contributed by atoms with van der Waals surface area (Å²) in [5.41, 5.74) is -0.227. The minimum Gasteiger partial charge on any atom is -0.444 e. The molecule has 0 aliphatic rings. The number of H-pyrrole nitrogens is 1. The molecule has 6 nitrogen and oxygen atoms in total. The van der Waals surface area contributed by atoms with Gasteiger partial charge in [-0.1, -0.05) is 35.7 Å². The molecule has 2 aromatic rings. The van der Waals surface area contributed by atoms with E-state index < -0.39 is 17.7 Å². The maximum atomic E-state index is 12.3. The molecule has 0 saturated carbocycles. The van der Waals surface area contributed by atoms with Gasteiger partial charge in [0.05, 0.1) is 16.9 Å². The van der Waals surface area contributed by atoms with E-state index in [4.69, 9.17) is 4.74 Å². The predicted octanol–water partition coefficient (Wildman–Crippen LogP) is 4.44. The van der Waals surface area contributed by atoms with Crippen LogP contribution in [0.3, 0.4) is 0 Å². The van der Waals surface area contributed by atoms with Gasteiger partial charge in [-0.2, -0.15) is 0 Å². The zero-order chi connectivity index (χ0) is 18.6. The average Bonchev–Trinajstić information content (AvgIpc) is 2.49. The molecule has 136 valence electrons. The maximum absolute atomic E-state index is 12.3. The molecule has 0 aliphatic heterocycles. The van der Waals surface area contributed by atoms with E-state index >= 15 is 0 Å². The monoisotopic (exact) mass is 409 g/mol. The summed E-state index contributed by atoms with van der Waals surface area (Å²) in [6.45, 7) is 7.49. The predicted molar refractivity (Wildman–Crippen MR) is 102 cm³/mol. The summed E-state index contributed by atoms with van der Waals surface area (Å²) in [6.07, 6.45) is 2.00. The highest BCUT2D eigenvalue weighted by atomic mass is 79.9. The van der Waals surface area contributed by atoms with Crippen LogP contribution >= 0.6 is 15.9 Å². The molecule has 25 heavy (non-hydrogen) atoms. The van der Waals surface area contributed by atoms with E-state index in [1.807, 2.05) is 0 Å².